The van der Waals surface area contributed by atoms with Gasteiger partial charge in [-0.25, -0.2) is 4.79 Å². The summed E-state index contributed by atoms with van der Waals surface area (Å²) in [6, 6.07) is 3.30. The van der Waals surface area contributed by atoms with E-state index in [9.17, 15) is 28.1 Å². The molecule has 132 valence electrons. The van der Waals surface area contributed by atoms with Crippen molar-refractivity contribution >= 4 is 36.2 Å². The summed E-state index contributed by atoms with van der Waals surface area (Å²) in [5, 5.41) is 24.3. The summed E-state index contributed by atoms with van der Waals surface area (Å²) in [7, 11) is -1.38. The van der Waals surface area contributed by atoms with E-state index < -0.39 is 29.4 Å². The zero-order valence-corrected chi connectivity index (χ0v) is 14.2. The molecule has 2 N–H and O–H groups in total. The van der Waals surface area contributed by atoms with E-state index in [0.717, 1.165) is 11.8 Å². The van der Waals surface area contributed by atoms with Gasteiger partial charge in [0.05, 0.1) is 5.15 Å². The lowest BCUT2D eigenvalue weighted by Gasteiger charge is -2.27. The van der Waals surface area contributed by atoms with Crippen molar-refractivity contribution in [3.05, 3.63) is 33.8 Å². The summed E-state index contributed by atoms with van der Waals surface area (Å²) in [4.78, 5) is 11.4. The van der Waals surface area contributed by atoms with Crippen LogP contribution in [0, 0.1) is 6.92 Å². The van der Waals surface area contributed by atoms with Gasteiger partial charge in [-0.1, -0.05) is 35.2 Å². The molecule has 0 bridgehead atoms. The Bertz CT molecular complexity index is 830. The molecule has 2 heterocycles. The topological polar surface area (TPSA) is 92.5 Å². The van der Waals surface area contributed by atoms with Crippen LogP contribution in [-0.4, -0.2) is 38.6 Å². The first kappa shape index (κ1) is 18.0. The van der Waals surface area contributed by atoms with Crippen LogP contribution in [0.15, 0.2) is 16.5 Å². The van der Waals surface area contributed by atoms with Crippen molar-refractivity contribution in [1.82, 2.24) is 10.2 Å². The van der Waals surface area contributed by atoms with Gasteiger partial charge in [-0.2, -0.15) is 13.2 Å². The lowest BCUT2D eigenvalue weighted by molar-refractivity contribution is -0.138. The molecule has 1 aromatic heterocycles. The normalized spacial score (nSPS) is 17.2. The number of aromatic carboxylic acids is 1. The van der Waals surface area contributed by atoms with Gasteiger partial charge >= 0.3 is 19.3 Å². The first-order valence-corrected chi connectivity index (χ1v) is 8.64. The number of aromatic nitrogens is 2. The molecule has 0 aliphatic carbocycles. The van der Waals surface area contributed by atoms with Gasteiger partial charge in [0, 0.05) is 0 Å². The number of rotatable bonds is 3. The van der Waals surface area contributed by atoms with E-state index in [1.807, 2.05) is 0 Å². The summed E-state index contributed by atoms with van der Waals surface area (Å²) >= 11 is 1.30. The number of fused-ring (bicyclic) bond motifs is 1. The maximum absolute atomic E-state index is 12.6. The lowest BCUT2D eigenvalue weighted by atomic mass is 9.77. The van der Waals surface area contributed by atoms with Gasteiger partial charge in [0.2, 0.25) is 5.01 Å². The van der Waals surface area contributed by atoms with Gasteiger partial charge in [-0.15, -0.1) is 10.2 Å². The zero-order valence-electron chi connectivity index (χ0n) is 12.6. The smallest absolute Gasteiger partial charge is 0.535 e. The first-order chi connectivity index (χ1) is 11.7. The molecule has 1 aromatic carbocycles. The van der Waals surface area contributed by atoms with Gasteiger partial charge in [0.15, 0.2) is 4.34 Å². The molecule has 0 unspecified atom stereocenters. The fourth-order valence-corrected chi connectivity index (χ4v) is 4.43. The van der Waals surface area contributed by atoms with Crippen LogP contribution in [0.3, 0.4) is 0 Å². The van der Waals surface area contributed by atoms with Crippen molar-refractivity contribution < 1.29 is 32.8 Å². The van der Waals surface area contributed by atoms with Crippen LogP contribution in [0.4, 0.5) is 13.2 Å². The van der Waals surface area contributed by atoms with E-state index >= 15 is 0 Å². The van der Waals surface area contributed by atoms with E-state index in [4.69, 9.17) is 4.65 Å². The molecule has 25 heavy (non-hydrogen) atoms. The molecule has 6 nitrogen and oxygen atoms in total. The summed E-state index contributed by atoms with van der Waals surface area (Å²) in [5.41, 5.74) is 1.02. The highest BCUT2D eigenvalue weighted by Crippen LogP contribution is 2.40. The highest BCUT2D eigenvalue weighted by atomic mass is 32.2. The number of hydrogen-bond donors (Lipinski definition) is 2. The Morgan fingerprint density at radius 1 is 1.44 bits per heavy atom. The number of thioether (sulfide) groups is 1. The molecule has 0 saturated carbocycles. The molecule has 2 aromatic rings. The molecule has 0 saturated heterocycles. The van der Waals surface area contributed by atoms with E-state index in [1.54, 1.807) is 19.1 Å². The third-order valence-corrected chi connectivity index (χ3v) is 5.83. The van der Waals surface area contributed by atoms with Gasteiger partial charge in [-0.05, 0) is 24.5 Å². The zero-order chi connectivity index (χ0) is 18.4. The third-order valence-electron chi connectivity index (χ3n) is 3.54. The fraction of sp³-hybridized carbons (Fsp3) is 0.308. The molecule has 0 spiro atoms. The number of benzene rings is 1. The van der Waals surface area contributed by atoms with Gasteiger partial charge in [-0.3, -0.25) is 0 Å². The van der Waals surface area contributed by atoms with Crippen molar-refractivity contribution in [3.63, 3.8) is 0 Å². The number of carbonyl (C=O) groups is 1. The van der Waals surface area contributed by atoms with Crippen LogP contribution in [-0.2, 0) is 12.6 Å². The summed E-state index contributed by atoms with van der Waals surface area (Å²) in [5.74, 6) is -1.09. The number of nitrogens with zero attached hydrogens (tertiary/aromatic N) is 2. The molecule has 1 aliphatic heterocycles. The van der Waals surface area contributed by atoms with Crippen LogP contribution in [0.25, 0.3) is 0 Å². The molecule has 0 amide bonds. The Labute approximate surface area is 148 Å². The second-order valence-electron chi connectivity index (χ2n) is 5.29. The first-order valence-electron chi connectivity index (χ1n) is 6.94. The number of carboxylic acids is 1. The second kappa shape index (κ2) is 6.50. The average Bonchev–Trinajstić information content (AvgIpc) is 2.96. The number of hydrogen-bond acceptors (Lipinski definition) is 7. The molecular formula is C13H10BF3N2O4S2. The van der Waals surface area contributed by atoms with E-state index in [2.05, 4.69) is 10.2 Å². The molecule has 3 rings (SSSR count). The van der Waals surface area contributed by atoms with E-state index in [0.29, 0.717) is 22.5 Å². The van der Waals surface area contributed by atoms with E-state index in [-0.39, 0.29) is 22.1 Å². The minimum atomic E-state index is -4.57. The minimum absolute atomic E-state index is 0.0322. The molecule has 1 aliphatic rings. The van der Waals surface area contributed by atoms with Crippen LogP contribution in [0.5, 0.6) is 5.75 Å². The van der Waals surface area contributed by atoms with Gasteiger partial charge < -0.3 is 14.8 Å². The Balaban J connectivity index is 1.84. The largest absolute Gasteiger partial charge is 0.537 e. The summed E-state index contributed by atoms with van der Waals surface area (Å²) in [6.07, 6.45) is -4.35. The average molecular weight is 390 g/mol. The Morgan fingerprint density at radius 3 is 2.76 bits per heavy atom. The van der Waals surface area contributed by atoms with Crippen molar-refractivity contribution in [2.45, 2.75) is 29.0 Å². The van der Waals surface area contributed by atoms with Crippen LogP contribution >= 0.6 is 23.1 Å². The third kappa shape index (κ3) is 3.60. The van der Waals surface area contributed by atoms with Crippen LogP contribution in [0.1, 0.15) is 26.5 Å². The number of carboxylic acid groups (broad SMARTS) is 1. The van der Waals surface area contributed by atoms with Crippen molar-refractivity contribution in [1.29, 1.82) is 0 Å². The number of aryl methyl sites for hydroxylation is 1. The maximum Gasteiger partial charge on any atom is 0.537 e. The summed E-state index contributed by atoms with van der Waals surface area (Å²) < 4.78 is 43.1. The molecule has 1 atom stereocenters. The standard InChI is InChI=1S/C13H10BF3N2O4S2/c1-5-2-3-6-4-7(14(22)23-9(6)8(5)10(20)21)24-12-19-18-11(25-12)13(15,16)17/h2-3,7,22H,4H2,1H3,(H,20,21)/t7-/m0/s1. The highest BCUT2D eigenvalue weighted by molar-refractivity contribution is 8.02. The predicted molar refractivity (Wildman–Crippen MR) is 85.0 cm³/mol. The van der Waals surface area contributed by atoms with Gasteiger partial charge in [0.25, 0.3) is 0 Å². The number of alkyl halides is 3. The Kier molecular flexibility index (Phi) is 4.69. The van der Waals surface area contributed by atoms with Crippen molar-refractivity contribution in [2.24, 2.45) is 0 Å². The van der Waals surface area contributed by atoms with Crippen molar-refractivity contribution in [2.75, 3.05) is 0 Å². The molecule has 0 fully saturated rings. The van der Waals surface area contributed by atoms with Crippen LogP contribution < -0.4 is 4.65 Å². The second-order valence-corrected chi connectivity index (χ2v) is 7.75. The number of halogens is 3. The maximum atomic E-state index is 12.6. The summed E-state index contributed by atoms with van der Waals surface area (Å²) in [6.45, 7) is 1.61. The monoisotopic (exact) mass is 390 g/mol. The fourth-order valence-electron chi connectivity index (χ4n) is 2.40. The SMILES string of the molecule is Cc1ccc2c(c1C(=O)O)OB(O)[C@@H](Sc1nnc(C(F)(F)F)s1)C2. The molecule has 0 radical (unpaired) electrons. The van der Waals surface area contributed by atoms with Crippen LogP contribution in [0.2, 0.25) is 0 Å². The lowest BCUT2D eigenvalue weighted by Crippen LogP contribution is -2.40. The van der Waals surface area contributed by atoms with E-state index in [1.165, 1.54) is 0 Å². The minimum Gasteiger partial charge on any atom is -0.535 e. The highest BCUT2D eigenvalue weighted by Gasteiger charge is 2.40. The Morgan fingerprint density at radius 2 is 2.16 bits per heavy atom. The molecular weight excluding hydrogens is 380 g/mol. The molecule has 12 heteroatoms. The van der Waals surface area contributed by atoms with Gasteiger partial charge in [0.1, 0.15) is 11.3 Å². The predicted octanol–water partition coefficient (Wildman–Crippen LogP) is 2.68. The quantitative estimate of drug-likeness (QED) is 0.779. The Hall–Kier alpha value is -1.79. The van der Waals surface area contributed by atoms with Crippen molar-refractivity contribution in [3.8, 4) is 5.75 Å².